The lowest BCUT2D eigenvalue weighted by atomic mass is 9.96. The molecule has 2 N–H and O–H groups in total. The van der Waals surface area contributed by atoms with Gasteiger partial charge in [-0.05, 0) is 61.8 Å². The van der Waals surface area contributed by atoms with Gasteiger partial charge >= 0.3 is 0 Å². The number of hydrogen-bond acceptors (Lipinski definition) is 6. The van der Waals surface area contributed by atoms with Crippen LogP contribution in [0.3, 0.4) is 0 Å². The first-order chi connectivity index (χ1) is 17.4. The second-order valence-corrected chi connectivity index (χ2v) is 11.8. The van der Waals surface area contributed by atoms with E-state index >= 15 is 0 Å². The average Bonchev–Trinajstić information content (AvgIpc) is 2.87. The second-order valence-electron chi connectivity index (χ2n) is 9.07. The van der Waals surface area contributed by atoms with Crippen LogP contribution in [0.2, 0.25) is 0 Å². The molecule has 0 bridgehead atoms. The van der Waals surface area contributed by atoms with Gasteiger partial charge < -0.3 is 14.0 Å². The fourth-order valence-corrected chi connectivity index (χ4v) is 6.57. The normalized spacial score (nSPS) is 19.4. The smallest absolute Gasteiger partial charge is 0.256 e. The largest absolute Gasteiger partial charge is 0.486 e. The first-order valence-electron chi connectivity index (χ1n) is 12.1. The molecule has 0 radical (unpaired) electrons. The lowest BCUT2D eigenvalue weighted by Gasteiger charge is -2.24. The highest BCUT2D eigenvalue weighted by Crippen LogP contribution is 2.35. The van der Waals surface area contributed by atoms with E-state index in [1.807, 2.05) is 25.1 Å². The Labute approximate surface area is 215 Å². The number of rotatable bonds is 5. The van der Waals surface area contributed by atoms with E-state index in [2.05, 4.69) is 9.71 Å². The predicted molar refractivity (Wildman–Crippen MR) is 145 cm³/mol. The van der Waals surface area contributed by atoms with Crippen molar-refractivity contribution in [1.29, 1.82) is 0 Å². The maximum atomic E-state index is 12.8. The minimum Gasteiger partial charge on any atom is -0.486 e. The summed E-state index contributed by atoms with van der Waals surface area (Å²) in [4.78, 5) is 21.7. The molecule has 0 saturated heterocycles. The van der Waals surface area contributed by atoms with Gasteiger partial charge in [-0.3, -0.25) is 4.79 Å². The Morgan fingerprint density at radius 2 is 1.81 bits per heavy atom. The van der Waals surface area contributed by atoms with Crippen molar-refractivity contribution in [1.82, 2.24) is 9.71 Å². The number of allylic oxidation sites excluding steroid dienone is 4. The highest BCUT2D eigenvalue weighted by molar-refractivity contribution is 8.00. The van der Waals surface area contributed by atoms with Crippen molar-refractivity contribution in [3.8, 4) is 11.5 Å². The topological polar surface area (TPSA) is 110 Å². The van der Waals surface area contributed by atoms with E-state index in [1.54, 1.807) is 24.3 Å². The van der Waals surface area contributed by atoms with Gasteiger partial charge in [-0.15, -0.1) is 0 Å². The third-order valence-corrected chi connectivity index (χ3v) is 8.94. The minimum atomic E-state index is -3.34. The monoisotopic (exact) mass is 527 g/mol. The van der Waals surface area contributed by atoms with Crippen LogP contribution in [0.1, 0.15) is 37.7 Å². The number of aromatic nitrogens is 1. The van der Waals surface area contributed by atoms with Crippen LogP contribution in [0, 0.1) is 6.92 Å². The number of ether oxygens (including phenoxy) is 2. The van der Waals surface area contributed by atoms with E-state index in [-0.39, 0.29) is 17.7 Å². The number of nitrogens with zero attached hydrogens (tertiary/aromatic N) is 2. The van der Waals surface area contributed by atoms with Gasteiger partial charge in [0.05, 0.1) is 21.8 Å². The molecule has 2 heterocycles. The first-order valence-corrected chi connectivity index (χ1v) is 14.6. The molecule has 1 atom stereocenters. The summed E-state index contributed by atoms with van der Waals surface area (Å²) in [5.41, 5.74) is 2.19. The van der Waals surface area contributed by atoms with Gasteiger partial charge in [0.2, 0.25) is 0 Å². The van der Waals surface area contributed by atoms with E-state index < -0.39 is 9.99 Å². The SMILES string of the molecule is Cc1cc2cc3c(cc2nc1SCC(=O)N=C1C=CC(=S(=O)(O)NC2CCCCC2)C=C1)OCCO3. The zero-order chi connectivity index (χ0) is 25.1. The van der Waals surface area contributed by atoms with E-state index in [0.29, 0.717) is 29.5 Å². The Bertz CT molecular complexity index is 1380. The molecular weight excluding hydrogens is 498 g/mol. The van der Waals surface area contributed by atoms with Gasteiger partial charge in [0.1, 0.15) is 18.2 Å². The maximum absolute atomic E-state index is 12.8. The van der Waals surface area contributed by atoms with Crippen molar-refractivity contribution < 1.29 is 23.0 Å². The molecule has 36 heavy (non-hydrogen) atoms. The summed E-state index contributed by atoms with van der Waals surface area (Å²) in [7, 11) is -3.34. The molecule has 1 aromatic heterocycles. The standard InChI is InChI=1S/C26H29N3O5S2/c1-17-13-18-14-23-24(34-12-11-33-23)15-22(18)28-26(17)35-16-25(30)27-19-7-9-21(10-8-19)36(31,32)29-20-5-3-2-4-6-20/h7-10,13-15,20H,2-6,11-12,16H2,1H3,(H2,29,31,32). The Morgan fingerprint density at radius 3 is 2.53 bits per heavy atom. The zero-order valence-electron chi connectivity index (χ0n) is 20.1. The van der Waals surface area contributed by atoms with Crippen molar-refractivity contribution in [2.45, 2.75) is 50.1 Å². The van der Waals surface area contributed by atoms with Gasteiger partial charge in [-0.25, -0.2) is 18.9 Å². The minimum absolute atomic E-state index is 0.0534. The van der Waals surface area contributed by atoms with Gasteiger partial charge in [0.15, 0.2) is 21.5 Å². The summed E-state index contributed by atoms with van der Waals surface area (Å²) in [6, 6.07) is 5.87. The van der Waals surface area contributed by atoms with Gasteiger partial charge in [0.25, 0.3) is 5.91 Å². The molecule has 1 unspecified atom stereocenters. The number of hydrogen-bond donors (Lipinski definition) is 2. The van der Waals surface area contributed by atoms with Gasteiger partial charge in [-0.2, -0.15) is 0 Å². The van der Waals surface area contributed by atoms with Crippen LogP contribution >= 0.6 is 11.8 Å². The van der Waals surface area contributed by atoms with Crippen LogP contribution in [0.15, 0.2) is 52.5 Å². The number of carbonyl (C=O) groups excluding carboxylic acids is 1. The number of aryl methyl sites for hydroxylation is 1. The molecule has 2 aromatic rings. The molecule has 5 rings (SSSR count). The molecule has 1 aromatic carbocycles. The molecule has 1 aliphatic heterocycles. The number of carbonyl (C=O) groups is 1. The predicted octanol–water partition coefficient (Wildman–Crippen LogP) is 4.27. The third-order valence-electron chi connectivity index (χ3n) is 6.30. The molecule has 1 fully saturated rings. The molecule has 3 aliphatic rings. The zero-order valence-corrected chi connectivity index (χ0v) is 21.7. The lowest BCUT2D eigenvalue weighted by Crippen LogP contribution is -2.38. The molecule has 8 nitrogen and oxygen atoms in total. The molecular formula is C26H29N3O5S2. The first kappa shape index (κ1) is 25.0. The highest BCUT2D eigenvalue weighted by Gasteiger charge is 2.19. The van der Waals surface area contributed by atoms with Gasteiger partial charge in [-0.1, -0.05) is 31.0 Å². The van der Waals surface area contributed by atoms with Crippen LogP contribution in [-0.4, -0.2) is 55.2 Å². The van der Waals surface area contributed by atoms with E-state index in [9.17, 15) is 13.6 Å². The van der Waals surface area contributed by atoms with Crippen molar-refractivity contribution in [2.24, 2.45) is 4.99 Å². The van der Waals surface area contributed by atoms with E-state index in [0.717, 1.165) is 52.9 Å². The third kappa shape index (κ3) is 5.83. The number of pyridine rings is 1. The number of amides is 1. The molecule has 10 heteroatoms. The van der Waals surface area contributed by atoms with Crippen LogP contribution in [0.4, 0.5) is 0 Å². The summed E-state index contributed by atoms with van der Waals surface area (Å²) < 4.78 is 37.5. The average molecular weight is 528 g/mol. The Kier molecular flexibility index (Phi) is 7.47. The summed E-state index contributed by atoms with van der Waals surface area (Å²) in [5.74, 6) is 1.22. The van der Waals surface area contributed by atoms with Gasteiger partial charge in [0, 0.05) is 17.5 Å². The second kappa shape index (κ2) is 10.8. The Balaban J connectivity index is 1.23. The molecule has 190 valence electrons. The highest BCUT2D eigenvalue weighted by atomic mass is 32.2. The summed E-state index contributed by atoms with van der Waals surface area (Å²) in [5, 5.41) is 1.71. The van der Waals surface area contributed by atoms with Crippen LogP contribution in [0.25, 0.3) is 10.9 Å². The van der Waals surface area contributed by atoms with Crippen molar-refractivity contribution in [3.05, 3.63) is 48.1 Å². The van der Waals surface area contributed by atoms with Crippen LogP contribution in [-0.2, 0) is 14.8 Å². The van der Waals surface area contributed by atoms with Crippen molar-refractivity contribution in [2.75, 3.05) is 19.0 Å². The molecule has 1 saturated carbocycles. The number of benzene rings is 1. The van der Waals surface area contributed by atoms with E-state index in [4.69, 9.17) is 14.5 Å². The summed E-state index contributed by atoms with van der Waals surface area (Å²) >= 11 is 1.33. The fraction of sp³-hybridized carbons (Fsp3) is 0.385. The fourth-order valence-electron chi connectivity index (χ4n) is 4.47. The number of aliphatic imine (C=N–C) groups is 1. The molecule has 2 aliphatic carbocycles. The van der Waals surface area contributed by atoms with Crippen LogP contribution in [0.5, 0.6) is 11.5 Å². The van der Waals surface area contributed by atoms with Crippen molar-refractivity contribution >= 4 is 49.1 Å². The maximum Gasteiger partial charge on any atom is 0.256 e. The van der Waals surface area contributed by atoms with E-state index in [1.165, 1.54) is 18.2 Å². The summed E-state index contributed by atoms with van der Waals surface area (Å²) in [6.45, 7) is 3.00. The quantitative estimate of drug-likeness (QED) is 0.441. The number of fused-ring (bicyclic) bond motifs is 2. The summed E-state index contributed by atoms with van der Waals surface area (Å²) in [6.07, 6.45) is 11.4. The lowest BCUT2D eigenvalue weighted by molar-refractivity contribution is -0.115. The number of nitrogens with one attached hydrogen (secondary N) is 1. The Hall–Kier alpha value is -2.66. The number of thioether (sulfide) groups is 1. The molecule has 1 amide bonds. The van der Waals surface area contributed by atoms with Crippen molar-refractivity contribution in [3.63, 3.8) is 0 Å². The van der Waals surface area contributed by atoms with Crippen LogP contribution < -0.4 is 14.2 Å². The Morgan fingerprint density at radius 1 is 1.11 bits per heavy atom. The molecule has 0 spiro atoms.